The van der Waals surface area contributed by atoms with E-state index in [9.17, 15) is 4.79 Å². The van der Waals surface area contributed by atoms with Gasteiger partial charge in [-0.25, -0.2) is 0 Å². The van der Waals surface area contributed by atoms with Crippen LogP contribution in [-0.4, -0.2) is 59.4 Å². The number of hydrogen-bond donors (Lipinski definition) is 1. The van der Waals surface area contributed by atoms with E-state index in [4.69, 9.17) is 18.0 Å². The minimum absolute atomic E-state index is 0.0359. The van der Waals surface area contributed by atoms with Crippen molar-refractivity contribution in [1.82, 2.24) is 14.8 Å². The Kier molecular flexibility index (Phi) is 6.38. The van der Waals surface area contributed by atoms with E-state index in [0.717, 1.165) is 6.54 Å². The summed E-state index contributed by atoms with van der Waals surface area (Å²) in [4.78, 5) is 20.5. The molecule has 0 unspecified atom stereocenters. The van der Waals surface area contributed by atoms with Crippen LogP contribution in [0.4, 0.5) is 0 Å². The van der Waals surface area contributed by atoms with Gasteiger partial charge in [0.1, 0.15) is 0 Å². The van der Waals surface area contributed by atoms with Crippen molar-refractivity contribution in [3.63, 3.8) is 0 Å². The summed E-state index contributed by atoms with van der Waals surface area (Å²) in [5, 5.41) is 0. The normalized spacial score (nSPS) is 10.5. The molecule has 0 aliphatic carbocycles. The molecule has 1 aromatic heterocycles. The van der Waals surface area contributed by atoms with Crippen molar-refractivity contribution in [3.8, 4) is 0 Å². The Morgan fingerprint density at radius 3 is 2.63 bits per heavy atom. The van der Waals surface area contributed by atoms with E-state index in [1.807, 2.05) is 19.0 Å². The Labute approximate surface area is 119 Å². The monoisotopic (exact) mass is 280 g/mol. The quantitative estimate of drug-likeness (QED) is 0.747. The van der Waals surface area contributed by atoms with Crippen LogP contribution in [0.2, 0.25) is 0 Å². The maximum atomic E-state index is 12.4. The SMILES string of the molecule is CN(C)CCN(CCC(N)=S)C(=O)c1cccnc1. The van der Waals surface area contributed by atoms with Crippen molar-refractivity contribution >= 4 is 23.1 Å². The third-order valence-corrected chi connectivity index (χ3v) is 2.85. The smallest absolute Gasteiger partial charge is 0.255 e. The first-order valence-electron chi connectivity index (χ1n) is 6.13. The number of likely N-dealkylation sites (N-methyl/N-ethyl adjacent to an activating group) is 1. The highest BCUT2D eigenvalue weighted by Gasteiger charge is 2.15. The summed E-state index contributed by atoms with van der Waals surface area (Å²) in [6.45, 7) is 1.98. The molecule has 0 spiro atoms. The van der Waals surface area contributed by atoms with Gasteiger partial charge in [0.05, 0.1) is 10.6 Å². The zero-order valence-corrected chi connectivity index (χ0v) is 12.2. The first kappa shape index (κ1) is 15.5. The predicted molar refractivity (Wildman–Crippen MR) is 80.1 cm³/mol. The van der Waals surface area contributed by atoms with Gasteiger partial charge in [0.2, 0.25) is 0 Å². The van der Waals surface area contributed by atoms with E-state index in [2.05, 4.69) is 4.98 Å². The number of carbonyl (C=O) groups is 1. The van der Waals surface area contributed by atoms with Gasteiger partial charge in [-0.15, -0.1) is 0 Å². The summed E-state index contributed by atoms with van der Waals surface area (Å²) in [7, 11) is 3.95. The number of amides is 1. The third kappa shape index (κ3) is 5.76. The number of carbonyl (C=O) groups excluding carboxylic acids is 1. The van der Waals surface area contributed by atoms with Gasteiger partial charge in [0.25, 0.3) is 5.91 Å². The third-order valence-electron chi connectivity index (χ3n) is 2.64. The Bertz CT molecular complexity index is 422. The molecule has 0 saturated carbocycles. The number of nitrogens with zero attached hydrogens (tertiary/aromatic N) is 3. The lowest BCUT2D eigenvalue weighted by molar-refractivity contribution is 0.0749. The fourth-order valence-corrected chi connectivity index (χ4v) is 1.64. The summed E-state index contributed by atoms with van der Waals surface area (Å²) < 4.78 is 0. The first-order chi connectivity index (χ1) is 9.00. The second-order valence-corrected chi connectivity index (χ2v) is 5.08. The lowest BCUT2D eigenvalue weighted by atomic mass is 10.2. The van der Waals surface area contributed by atoms with Crippen LogP contribution in [0.3, 0.4) is 0 Å². The van der Waals surface area contributed by atoms with Crippen molar-refractivity contribution in [3.05, 3.63) is 30.1 Å². The van der Waals surface area contributed by atoms with Gasteiger partial charge >= 0.3 is 0 Å². The minimum Gasteiger partial charge on any atom is -0.393 e. The topological polar surface area (TPSA) is 62.5 Å². The summed E-state index contributed by atoms with van der Waals surface area (Å²) in [5.41, 5.74) is 6.09. The molecule has 19 heavy (non-hydrogen) atoms. The first-order valence-corrected chi connectivity index (χ1v) is 6.54. The lowest BCUT2D eigenvalue weighted by Crippen LogP contribution is -2.38. The molecule has 1 heterocycles. The number of rotatable bonds is 7. The second-order valence-electron chi connectivity index (χ2n) is 4.55. The summed E-state index contributed by atoms with van der Waals surface area (Å²) >= 11 is 4.87. The maximum absolute atomic E-state index is 12.4. The van der Waals surface area contributed by atoms with Gasteiger partial charge in [-0.05, 0) is 26.2 Å². The van der Waals surface area contributed by atoms with Crippen molar-refractivity contribution in [2.24, 2.45) is 5.73 Å². The second kappa shape index (κ2) is 7.81. The molecule has 0 aliphatic heterocycles. The Balaban J connectivity index is 2.71. The fourth-order valence-electron chi connectivity index (χ4n) is 1.55. The molecule has 0 aromatic carbocycles. The molecule has 0 aliphatic rings. The number of nitrogens with two attached hydrogens (primary N) is 1. The van der Waals surface area contributed by atoms with Crippen LogP contribution < -0.4 is 5.73 Å². The standard InChI is InChI=1S/C13H20N4OS/c1-16(2)8-9-17(7-5-12(14)19)13(18)11-4-3-6-15-10-11/h3-4,6,10H,5,7-9H2,1-2H3,(H2,14,19). The van der Waals surface area contributed by atoms with Crippen LogP contribution in [-0.2, 0) is 0 Å². The molecule has 1 amide bonds. The highest BCUT2D eigenvalue weighted by atomic mass is 32.1. The Morgan fingerprint density at radius 1 is 1.37 bits per heavy atom. The zero-order chi connectivity index (χ0) is 14.3. The average molecular weight is 280 g/mol. The predicted octanol–water partition coefficient (Wildman–Crippen LogP) is 0.762. The molecule has 5 nitrogen and oxygen atoms in total. The summed E-state index contributed by atoms with van der Waals surface area (Å²) in [6.07, 6.45) is 3.76. The van der Waals surface area contributed by atoms with Gasteiger partial charge < -0.3 is 15.5 Å². The molecule has 6 heteroatoms. The lowest BCUT2D eigenvalue weighted by Gasteiger charge is -2.24. The van der Waals surface area contributed by atoms with Gasteiger partial charge in [-0.2, -0.15) is 0 Å². The van der Waals surface area contributed by atoms with E-state index in [0.29, 0.717) is 30.1 Å². The van der Waals surface area contributed by atoms with E-state index >= 15 is 0 Å². The van der Waals surface area contributed by atoms with Crippen LogP contribution in [0.1, 0.15) is 16.8 Å². The molecule has 104 valence electrons. The Hall–Kier alpha value is -1.53. The largest absolute Gasteiger partial charge is 0.393 e. The van der Waals surface area contributed by atoms with Crippen molar-refractivity contribution < 1.29 is 4.79 Å². The average Bonchev–Trinajstić information content (AvgIpc) is 2.38. The molecule has 0 fully saturated rings. The van der Waals surface area contributed by atoms with Crippen LogP contribution in [0, 0.1) is 0 Å². The van der Waals surface area contributed by atoms with Crippen LogP contribution in [0.25, 0.3) is 0 Å². The number of hydrogen-bond acceptors (Lipinski definition) is 4. The minimum atomic E-state index is -0.0359. The number of aromatic nitrogens is 1. The van der Waals surface area contributed by atoms with E-state index in [1.165, 1.54) is 0 Å². The molecule has 0 radical (unpaired) electrons. The molecule has 0 saturated heterocycles. The highest BCUT2D eigenvalue weighted by molar-refractivity contribution is 7.80. The van der Waals surface area contributed by atoms with Gasteiger partial charge in [0, 0.05) is 38.4 Å². The van der Waals surface area contributed by atoms with E-state index < -0.39 is 0 Å². The molecular formula is C13H20N4OS. The number of thiocarbonyl (C=S) groups is 1. The zero-order valence-electron chi connectivity index (χ0n) is 11.4. The van der Waals surface area contributed by atoms with Crippen LogP contribution in [0.15, 0.2) is 24.5 Å². The van der Waals surface area contributed by atoms with Crippen molar-refractivity contribution in [1.29, 1.82) is 0 Å². The van der Waals surface area contributed by atoms with Crippen molar-refractivity contribution in [2.75, 3.05) is 33.7 Å². The summed E-state index contributed by atoms with van der Waals surface area (Å²) in [6, 6.07) is 3.52. The van der Waals surface area contributed by atoms with Crippen molar-refractivity contribution in [2.45, 2.75) is 6.42 Å². The molecule has 2 N–H and O–H groups in total. The number of pyridine rings is 1. The fraction of sp³-hybridized carbons (Fsp3) is 0.462. The van der Waals surface area contributed by atoms with E-state index in [1.54, 1.807) is 29.4 Å². The summed E-state index contributed by atoms with van der Waals surface area (Å²) in [5.74, 6) is -0.0359. The van der Waals surface area contributed by atoms with Gasteiger partial charge in [-0.1, -0.05) is 12.2 Å². The van der Waals surface area contributed by atoms with Gasteiger partial charge in [0.15, 0.2) is 0 Å². The molecule has 1 rings (SSSR count). The molecule has 0 bridgehead atoms. The highest BCUT2D eigenvalue weighted by Crippen LogP contribution is 2.04. The maximum Gasteiger partial charge on any atom is 0.255 e. The van der Waals surface area contributed by atoms with Crippen LogP contribution >= 0.6 is 12.2 Å². The van der Waals surface area contributed by atoms with Crippen LogP contribution in [0.5, 0.6) is 0 Å². The molecule has 1 aromatic rings. The van der Waals surface area contributed by atoms with E-state index in [-0.39, 0.29) is 5.91 Å². The van der Waals surface area contributed by atoms with Gasteiger partial charge in [-0.3, -0.25) is 9.78 Å². The molecule has 0 atom stereocenters. The molecular weight excluding hydrogens is 260 g/mol. The Morgan fingerprint density at radius 2 is 2.11 bits per heavy atom.